The van der Waals surface area contributed by atoms with E-state index < -0.39 is 10.0 Å². The number of nitrogens with zero attached hydrogens (tertiary/aromatic N) is 1. The largest absolute Gasteiger partial charge is 0.240 e. The fourth-order valence-corrected chi connectivity index (χ4v) is 4.77. The van der Waals surface area contributed by atoms with Crippen LogP contribution < -0.4 is 4.72 Å². The minimum atomic E-state index is -3.45. The lowest BCUT2D eigenvalue weighted by Crippen LogP contribution is -2.24. The maximum Gasteiger partial charge on any atom is 0.240 e. The van der Waals surface area contributed by atoms with E-state index in [1.807, 2.05) is 0 Å². The number of fused-ring (bicyclic) bond motifs is 1. The van der Waals surface area contributed by atoms with Gasteiger partial charge < -0.3 is 0 Å². The molecule has 0 spiro atoms. The second-order valence-electron chi connectivity index (χ2n) is 7.85. The molecule has 4 nitrogen and oxygen atoms in total. The molecule has 1 aromatic rings. The van der Waals surface area contributed by atoms with Crippen molar-refractivity contribution < 1.29 is 8.42 Å². The summed E-state index contributed by atoms with van der Waals surface area (Å²) in [5, 5.41) is 9.19. The van der Waals surface area contributed by atoms with Crippen molar-refractivity contribution in [2.45, 2.75) is 50.3 Å². The molecule has 3 rings (SSSR count). The van der Waals surface area contributed by atoms with Crippen LogP contribution in [-0.4, -0.2) is 15.0 Å². The third kappa shape index (κ3) is 5.27. The molecule has 156 valence electrons. The Morgan fingerprint density at radius 3 is 2.23 bits per heavy atom. The summed E-state index contributed by atoms with van der Waals surface area (Å²) in [6.07, 6.45) is 2.88. The highest BCUT2D eigenvalue weighted by molar-refractivity contribution is 7.89. The summed E-state index contributed by atoms with van der Waals surface area (Å²) in [5.41, 5.74) is 5.90. The van der Waals surface area contributed by atoms with Crippen LogP contribution in [0.5, 0.6) is 0 Å². The van der Waals surface area contributed by atoms with Crippen molar-refractivity contribution in [2.24, 2.45) is 0 Å². The highest BCUT2D eigenvalue weighted by Crippen LogP contribution is 2.34. The summed E-state index contributed by atoms with van der Waals surface area (Å²) in [7, 11) is -3.45. The Labute approximate surface area is 180 Å². The fourth-order valence-electron chi connectivity index (χ4n) is 3.67. The average Bonchev–Trinajstić information content (AvgIpc) is 2.90. The number of rotatable bonds is 9. The predicted octanol–water partition coefficient (Wildman–Crippen LogP) is 5.28. The molecule has 0 saturated carbocycles. The number of hydrogen-bond donors (Lipinski definition) is 1. The molecule has 0 heterocycles. The van der Waals surface area contributed by atoms with E-state index in [4.69, 9.17) is 0 Å². The summed E-state index contributed by atoms with van der Waals surface area (Å²) in [4.78, 5) is 0.293. The highest BCUT2D eigenvalue weighted by Gasteiger charge is 2.16. The summed E-state index contributed by atoms with van der Waals surface area (Å²) in [6.45, 7) is 4.76. The Morgan fingerprint density at radius 2 is 1.60 bits per heavy atom. The Hall–Kier alpha value is -2.68. The zero-order valence-electron chi connectivity index (χ0n) is 17.6. The van der Waals surface area contributed by atoms with Crippen molar-refractivity contribution >= 4 is 10.0 Å². The number of sulfonamides is 1. The molecule has 0 aromatic heterocycles. The first kappa shape index (κ1) is 22.0. The molecule has 0 amide bonds. The van der Waals surface area contributed by atoms with E-state index in [0.717, 1.165) is 30.4 Å². The number of nitrogens with one attached hydrogen (secondary N) is 1. The molecule has 30 heavy (non-hydrogen) atoms. The Balaban J connectivity index is 1.65. The first-order valence-corrected chi connectivity index (χ1v) is 11.9. The average molecular weight is 421 g/mol. The number of aryl methyl sites for hydroxylation is 1. The van der Waals surface area contributed by atoms with Gasteiger partial charge in [0.05, 0.1) is 17.4 Å². The number of benzene rings is 1. The van der Waals surface area contributed by atoms with Gasteiger partial charge in [-0.05, 0) is 65.1 Å². The van der Waals surface area contributed by atoms with Gasteiger partial charge >= 0.3 is 0 Å². The molecule has 5 heteroatoms. The maximum atomic E-state index is 12.3. The predicted molar refractivity (Wildman–Crippen MR) is 121 cm³/mol. The van der Waals surface area contributed by atoms with Gasteiger partial charge in [0.1, 0.15) is 0 Å². The molecule has 1 N–H and O–H groups in total. The Morgan fingerprint density at radius 1 is 0.933 bits per heavy atom. The quantitative estimate of drug-likeness (QED) is 0.479. The van der Waals surface area contributed by atoms with Gasteiger partial charge in [-0.1, -0.05) is 62.4 Å². The van der Waals surface area contributed by atoms with E-state index in [2.05, 4.69) is 55.0 Å². The van der Waals surface area contributed by atoms with Gasteiger partial charge in [-0.25, -0.2) is 13.1 Å². The second kappa shape index (κ2) is 9.88. The van der Waals surface area contributed by atoms with E-state index in [1.54, 1.807) is 30.3 Å². The minimum absolute atomic E-state index is 0.293. The van der Waals surface area contributed by atoms with Crippen molar-refractivity contribution in [3.05, 3.63) is 77.4 Å². The molecular weight excluding hydrogens is 392 g/mol. The Bertz CT molecular complexity index is 1100. The van der Waals surface area contributed by atoms with Crippen LogP contribution in [0.1, 0.15) is 49.3 Å². The summed E-state index contributed by atoms with van der Waals surface area (Å²) < 4.78 is 27.3. The lowest BCUT2D eigenvalue weighted by molar-refractivity contribution is 0.577. The molecule has 1 aromatic carbocycles. The van der Waals surface area contributed by atoms with Gasteiger partial charge in [0, 0.05) is 6.54 Å². The van der Waals surface area contributed by atoms with Crippen molar-refractivity contribution in [1.82, 2.24) is 4.72 Å². The highest BCUT2D eigenvalue weighted by atomic mass is 32.2. The molecule has 0 aliphatic heterocycles. The smallest absolute Gasteiger partial charge is 0.211 e. The third-order valence-electron chi connectivity index (χ3n) is 5.37. The Kier molecular flexibility index (Phi) is 7.25. The summed E-state index contributed by atoms with van der Waals surface area (Å²) in [6, 6.07) is 21.5. The van der Waals surface area contributed by atoms with Gasteiger partial charge in [-0.3, -0.25) is 0 Å². The topological polar surface area (TPSA) is 70.0 Å². The van der Waals surface area contributed by atoms with Gasteiger partial charge in [-0.2, -0.15) is 5.26 Å². The molecule has 2 aliphatic rings. The van der Waals surface area contributed by atoms with Gasteiger partial charge in [-0.15, -0.1) is 0 Å². The summed E-state index contributed by atoms with van der Waals surface area (Å²) >= 11 is 0. The molecule has 2 aliphatic carbocycles. The molecule has 0 radical (unpaired) electrons. The minimum Gasteiger partial charge on any atom is -0.211 e. The van der Waals surface area contributed by atoms with E-state index in [0.29, 0.717) is 23.8 Å². The maximum absolute atomic E-state index is 12.3. The number of nitriles is 1. The van der Waals surface area contributed by atoms with Gasteiger partial charge in [0.25, 0.3) is 0 Å². The fraction of sp³-hybridized carbons (Fsp3) is 0.320. The lowest BCUT2D eigenvalue weighted by atomic mass is 10.0. The van der Waals surface area contributed by atoms with Crippen LogP contribution in [0.3, 0.4) is 0 Å². The number of hydrogen-bond acceptors (Lipinski definition) is 3. The molecule has 0 fully saturated rings. The van der Waals surface area contributed by atoms with Crippen molar-refractivity contribution in [3.63, 3.8) is 0 Å². The van der Waals surface area contributed by atoms with Crippen LogP contribution in [0.4, 0.5) is 0 Å². The first-order chi connectivity index (χ1) is 14.4. The van der Waals surface area contributed by atoms with Crippen LogP contribution in [0.25, 0.3) is 11.1 Å². The number of unbranched alkanes of at least 4 members (excludes halogenated alkanes) is 1. The molecule has 0 unspecified atom stereocenters. The molecular formula is C25H28N2O2S. The van der Waals surface area contributed by atoms with E-state index in [9.17, 15) is 13.7 Å². The third-order valence-corrected chi connectivity index (χ3v) is 6.85. The van der Waals surface area contributed by atoms with Crippen LogP contribution in [0.2, 0.25) is 0 Å². The molecule has 0 saturated heterocycles. The zero-order chi connectivity index (χ0) is 21.6. The molecule has 0 atom stereocenters. The van der Waals surface area contributed by atoms with E-state index in [-0.39, 0.29) is 0 Å². The van der Waals surface area contributed by atoms with Crippen LogP contribution in [-0.2, 0) is 22.9 Å². The van der Waals surface area contributed by atoms with Crippen LogP contribution in [0.15, 0.2) is 65.6 Å². The summed E-state index contributed by atoms with van der Waals surface area (Å²) in [5.74, 6) is 0.446. The monoisotopic (exact) mass is 420 g/mol. The second-order valence-corrected chi connectivity index (χ2v) is 9.61. The lowest BCUT2D eigenvalue weighted by Gasteiger charge is -2.07. The van der Waals surface area contributed by atoms with Gasteiger partial charge in [0.15, 0.2) is 0 Å². The standard InChI is InChI=1S/C25H28N2O2S/c1-19(2)20-11-13-24-21(18-22(15-16-26)25(24)14-12-20)8-6-7-17-27-30(28,29)23-9-4-3-5-10-23/h3-5,9-14,18-19,27H,6-8,15,17H2,1-2H3. The first-order valence-electron chi connectivity index (χ1n) is 10.4. The zero-order valence-corrected chi connectivity index (χ0v) is 18.4. The normalized spacial score (nSPS) is 11.7. The van der Waals surface area contributed by atoms with Crippen molar-refractivity contribution in [3.8, 4) is 17.2 Å². The SMILES string of the molecule is CC(C)c1ccc2c(CC#N)cc(CCCCNS(=O)(=O)c3ccccc3)c-2cc1. The van der Waals surface area contributed by atoms with E-state index in [1.165, 1.54) is 16.7 Å². The van der Waals surface area contributed by atoms with Gasteiger partial charge in [0.2, 0.25) is 10.0 Å². The van der Waals surface area contributed by atoms with Crippen molar-refractivity contribution in [2.75, 3.05) is 6.54 Å². The van der Waals surface area contributed by atoms with Crippen molar-refractivity contribution in [1.29, 1.82) is 5.26 Å². The van der Waals surface area contributed by atoms with Crippen LogP contribution in [0, 0.1) is 11.3 Å². The molecule has 0 bridgehead atoms. The van der Waals surface area contributed by atoms with Crippen LogP contribution >= 0.6 is 0 Å². The van der Waals surface area contributed by atoms with E-state index >= 15 is 0 Å².